The molecular formula is C23H19ClN2O5S. The summed E-state index contributed by atoms with van der Waals surface area (Å²) in [7, 11) is 0. The van der Waals surface area contributed by atoms with Crippen LogP contribution in [0, 0.1) is 0 Å². The van der Waals surface area contributed by atoms with Crippen LogP contribution in [0.2, 0.25) is 5.02 Å². The zero-order valence-corrected chi connectivity index (χ0v) is 18.3. The molecule has 2 amide bonds. The first-order chi connectivity index (χ1) is 15.4. The van der Waals surface area contributed by atoms with Crippen molar-refractivity contribution in [1.82, 2.24) is 0 Å². The molecule has 164 valence electrons. The predicted molar refractivity (Wildman–Crippen MR) is 125 cm³/mol. The van der Waals surface area contributed by atoms with Gasteiger partial charge in [0.2, 0.25) is 5.91 Å². The summed E-state index contributed by atoms with van der Waals surface area (Å²) in [6.07, 6.45) is 0. The van der Waals surface area contributed by atoms with Gasteiger partial charge in [0.25, 0.3) is 5.91 Å². The van der Waals surface area contributed by atoms with Gasteiger partial charge in [-0.25, -0.2) is 4.79 Å². The Labute approximate surface area is 193 Å². The number of hydrogen-bond donors (Lipinski definition) is 3. The number of thioether (sulfide) groups is 1. The summed E-state index contributed by atoms with van der Waals surface area (Å²) < 4.78 is 5.42. The standard InChI is InChI=1S/C23H19ClN2O5S/c24-19-10-9-15(23(29)30)11-20(19)26-22(28)14-32-18-8-4-5-16(12-18)25-21(27)13-31-17-6-2-1-3-7-17/h1-12H,13-14H2,(H,25,27)(H,26,28)(H,29,30). The van der Waals surface area contributed by atoms with Crippen molar-refractivity contribution in [1.29, 1.82) is 0 Å². The Hall–Kier alpha value is -3.49. The largest absolute Gasteiger partial charge is 0.484 e. The number of benzene rings is 3. The predicted octanol–water partition coefficient (Wildman–Crippen LogP) is 4.79. The number of carboxylic acid groups (broad SMARTS) is 1. The normalized spacial score (nSPS) is 10.3. The molecule has 0 aliphatic heterocycles. The van der Waals surface area contributed by atoms with Gasteiger partial charge in [-0.05, 0) is 48.5 Å². The van der Waals surface area contributed by atoms with Crippen molar-refractivity contribution in [3.63, 3.8) is 0 Å². The molecule has 7 nitrogen and oxygen atoms in total. The summed E-state index contributed by atoms with van der Waals surface area (Å²) in [5, 5.41) is 14.7. The second-order valence-corrected chi connectivity index (χ2v) is 7.97. The minimum atomic E-state index is -1.11. The van der Waals surface area contributed by atoms with Crippen LogP contribution in [0.1, 0.15) is 10.4 Å². The average molecular weight is 471 g/mol. The van der Waals surface area contributed by atoms with Crippen LogP contribution in [0.5, 0.6) is 5.75 Å². The van der Waals surface area contributed by atoms with E-state index in [4.69, 9.17) is 21.4 Å². The van der Waals surface area contributed by atoms with Crippen LogP contribution in [-0.2, 0) is 9.59 Å². The molecule has 3 aromatic rings. The van der Waals surface area contributed by atoms with Gasteiger partial charge < -0.3 is 20.5 Å². The number of amides is 2. The number of halogens is 1. The number of anilines is 2. The lowest BCUT2D eigenvalue weighted by Gasteiger charge is -2.10. The average Bonchev–Trinajstić information content (AvgIpc) is 2.78. The van der Waals surface area contributed by atoms with Crippen molar-refractivity contribution < 1.29 is 24.2 Å². The first kappa shape index (κ1) is 23.2. The maximum atomic E-state index is 12.3. The van der Waals surface area contributed by atoms with E-state index in [1.54, 1.807) is 30.3 Å². The van der Waals surface area contributed by atoms with Crippen molar-refractivity contribution in [2.45, 2.75) is 4.90 Å². The van der Waals surface area contributed by atoms with Crippen molar-refractivity contribution in [3.8, 4) is 5.75 Å². The number of carbonyl (C=O) groups is 3. The van der Waals surface area contributed by atoms with Crippen LogP contribution in [0.15, 0.2) is 77.7 Å². The SMILES string of the molecule is O=C(COc1ccccc1)Nc1cccc(SCC(=O)Nc2cc(C(=O)O)ccc2Cl)c1. The summed E-state index contributed by atoms with van der Waals surface area (Å²) in [6, 6.07) is 20.2. The van der Waals surface area contributed by atoms with E-state index in [9.17, 15) is 14.4 Å². The maximum absolute atomic E-state index is 12.3. The van der Waals surface area contributed by atoms with Gasteiger partial charge in [-0.2, -0.15) is 0 Å². The highest BCUT2D eigenvalue weighted by Gasteiger charge is 2.11. The molecule has 0 bridgehead atoms. The minimum Gasteiger partial charge on any atom is -0.484 e. The molecule has 0 aromatic heterocycles. The highest BCUT2D eigenvalue weighted by molar-refractivity contribution is 8.00. The molecule has 0 aliphatic carbocycles. The maximum Gasteiger partial charge on any atom is 0.335 e. The van der Waals surface area contributed by atoms with Gasteiger partial charge in [0.1, 0.15) is 5.75 Å². The number of rotatable bonds is 9. The summed E-state index contributed by atoms with van der Waals surface area (Å²) >= 11 is 7.29. The highest BCUT2D eigenvalue weighted by Crippen LogP contribution is 2.25. The number of hydrogen-bond acceptors (Lipinski definition) is 5. The quantitative estimate of drug-likeness (QED) is 0.388. The number of aromatic carboxylic acids is 1. The smallest absolute Gasteiger partial charge is 0.335 e. The Morgan fingerprint density at radius 1 is 0.906 bits per heavy atom. The molecule has 3 rings (SSSR count). The lowest BCUT2D eigenvalue weighted by Crippen LogP contribution is -2.20. The second-order valence-electron chi connectivity index (χ2n) is 6.51. The Bertz CT molecular complexity index is 1120. The molecule has 0 saturated carbocycles. The molecule has 0 radical (unpaired) electrons. The summed E-state index contributed by atoms with van der Waals surface area (Å²) in [5.41, 5.74) is 0.836. The fraction of sp³-hybridized carbons (Fsp3) is 0.0870. The van der Waals surface area contributed by atoms with Gasteiger partial charge in [0.15, 0.2) is 6.61 Å². The van der Waals surface area contributed by atoms with E-state index < -0.39 is 5.97 Å². The zero-order valence-electron chi connectivity index (χ0n) is 16.7. The molecule has 0 saturated heterocycles. The van der Waals surface area contributed by atoms with Crippen LogP contribution < -0.4 is 15.4 Å². The minimum absolute atomic E-state index is 0.0250. The Morgan fingerprint density at radius 2 is 1.69 bits per heavy atom. The Morgan fingerprint density at radius 3 is 2.44 bits per heavy atom. The van der Waals surface area contributed by atoms with E-state index in [-0.39, 0.29) is 40.4 Å². The van der Waals surface area contributed by atoms with Gasteiger partial charge in [-0.1, -0.05) is 35.9 Å². The molecule has 0 fully saturated rings. The molecule has 3 N–H and O–H groups in total. The lowest BCUT2D eigenvalue weighted by molar-refractivity contribution is -0.118. The Kier molecular flexibility index (Phi) is 8.13. The van der Waals surface area contributed by atoms with Crippen LogP contribution in [0.4, 0.5) is 11.4 Å². The monoisotopic (exact) mass is 470 g/mol. The molecule has 3 aromatic carbocycles. The van der Waals surface area contributed by atoms with Crippen LogP contribution in [0.3, 0.4) is 0 Å². The van der Waals surface area contributed by atoms with Crippen LogP contribution in [0.25, 0.3) is 0 Å². The third-order valence-electron chi connectivity index (χ3n) is 4.09. The van der Waals surface area contributed by atoms with E-state index in [1.165, 1.54) is 30.0 Å². The molecule has 0 atom stereocenters. The van der Waals surface area contributed by atoms with Gasteiger partial charge in [-0.3, -0.25) is 9.59 Å². The van der Waals surface area contributed by atoms with E-state index in [0.717, 1.165) is 4.90 Å². The van der Waals surface area contributed by atoms with Gasteiger partial charge >= 0.3 is 5.97 Å². The lowest BCUT2D eigenvalue weighted by atomic mass is 10.2. The first-order valence-electron chi connectivity index (χ1n) is 9.44. The van der Waals surface area contributed by atoms with E-state index in [0.29, 0.717) is 11.4 Å². The van der Waals surface area contributed by atoms with E-state index in [1.807, 2.05) is 24.3 Å². The van der Waals surface area contributed by atoms with Crippen molar-refractivity contribution in [3.05, 3.63) is 83.4 Å². The highest BCUT2D eigenvalue weighted by atomic mass is 35.5. The second kappa shape index (κ2) is 11.2. The Balaban J connectivity index is 1.51. The van der Waals surface area contributed by atoms with Gasteiger partial charge in [-0.15, -0.1) is 11.8 Å². The molecular weight excluding hydrogens is 452 g/mol. The molecule has 0 aliphatic rings. The van der Waals surface area contributed by atoms with Crippen LogP contribution in [-0.4, -0.2) is 35.2 Å². The third kappa shape index (κ3) is 7.04. The third-order valence-corrected chi connectivity index (χ3v) is 5.41. The number of carboxylic acids is 1. The molecule has 9 heteroatoms. The van der Waals surface area contributed by atoms with Gasteiger partial charge in [0, 0.05) is 10.6 Å². The molecule has 32 heavy (non-hydrogen) atoms. The first-order valence-corrected chi connectivity index (χ1v) is 10.8. The molecule has 0 unspecified atom stereocenters. The molecule has 0 heterocycles. The number of ether oxygens (including phenoxy) is 1. The number of carbonyl (C=O) groups excluding carboxylic acids is 2. The fourth-order valence-electron chi connectivity index (χ4n) is 2.62. The van der Waals surface area contributed by atoms with Crippen molar-refractivity contribution in [2.24, 2.45) is 0 Å². The summed E-state index contributed by atoms with van der Waals surface area (Å²) in [5.74, 6) is -1.08. The van der Waals surface area contributed by atoms with Crippen molar-refractivity contribution in [2.75, 3.05) is 23.0 Å². The number of nitrogens with one attached hydrogen (secondary N) is 2. The van der Waals surface area contributed by atoms with Gasteiger partial charge in [0.05, 0.1) is 22.0 Å². The summed E-state index contributed by atoms with van der Waals surface area (Å²) in [6.45, 7) is -0.125. The van der Waals surface area contributed by atoms with Crippen LogP contribution >= 0.6 is 23.4 Å². The molecule has 0 spiro atoms. The van der Waals surface area contributed by atoms with Crippen molar-refractivity contribution >= 4 is 52.5 Å². The van der Waals surface area contributed by atoms with E-state index in [2.05, 4.69) is 10.6 Å². The topological polar surface area (TPSA) is 105 Å². The zero-order chi connectivity index (χ0) is 22.9. The number of para-hydroxylation sites is 1. The summed E-state index contributed by atoms with van der Waals surface area (Å²) in [4.78, 5) is 36.2. The van der Waals surface area contributed by atoms with E-state index >= 15 is 0 Å². The fourth-order valence-corrected chi connectivity index (χ4v) is 3.54.